The smallest absolute Gasteiger partial charge is 0.256 e. The number of carbonyl (C=O) groups excluding carboxylic acids is 8. The Morgan fingerprint density at radius 1 is 0.307 bits per heavy atom. The largest absolute Gasteiger partial charge is 0.378 e. The number of fused-ring (bicyclic) bond motifs is 12. The monoisotopic (exact) mass is 1380 g/mol. The number of ether oxygens (including phenoxy) is 3. The highest BCUT2D eigenvalue weighted by molar-refractivity contribution is 6.20. The van der Waals surface area contributed by atoms with Crippen molar-refractivity contribution >= 4 is 47.3 Å². The summed E-state index contributed by atoms with van der Waals surface area (Å²) in [7, 11) is 0. The number of imide groups is 4. The third kappa shape index (κ3) is 16.7. The zero-order valence-corrected chi connectivity index (χ0v) is 62.0. The van der Waals surface area contributed by atoms with Crippen molar-refractivity contribution in [2.75, 3.05) is 52.6 Å². The molecule has 15 heteroatoms. The fourth-order valence-corrected chi connectivity index (χ4v) is 20.4. The minimum atomic E-state index is -0.0876. The molecule has 6 aliphatic heterocycles. The van der Waals surface area contributed by atoms with Gasteiger partial charge in [0.2, 0.25) is 0 Å². The van der Waals surface area contributed by atoms with E-state index in [1.807, 2.05) is 0 Å². The highest BCUT2D eigenvalue weighted by Gasteiger charge is 2.47. The van der Waals surface area contributed by atoms with Crippen molar-refractivity contribution in [1.82, 2.24) is 19.6 Å². The Balaban J connectivity index is 0.000000110. The molecule has 0 aromatic heterocycles. The number of carbonyl (C=O) groups is 8. The molecule has 0 radical (unpaired) electrons. The van der Waals surface area contributed by atoms with Gasteiger partial charge in [0.05, 0.1) is 32.5 Å². The molecule has 2 saturated heterocycles. The zero-order chi connectivity index (χ0) is 70.9. The fourth-order valence-electron chi connectivity index (χ4n) is 20.4. The van der Waals surface area contributed by atoms with Crippen molar-refractivity contribution in [3.8, 4) is 0 Å². The predicted octanol–water partition coefficient (Wildman–Crippen LogP) is 14.7. The van der Waals surface area contributed by atoms with Crippen molar-refractivity contribution in [2.24, 2.45) is 107 Å². The quantitative estimate of drug-likeness (QED) is 0.0410. The van der Waals surface area contributed by atoms with E-state index in [4.69, 9.17) is 14.2 Å². The van der Waals surface area contributed by atoms with E-state index in [9.17, 15) is 38.4 Å². The number of nitrogens with zero attached hydrogens (tertiary/aromatic N) is 4. The topological polar surface area (TPSA) is 184 Å². The summed E-state index contributed by atoms with van der Waals surface area (Å²) < 4.78 is 16.0. The predicted molar refractivity (Wildman–Crippen MR) is 390 cm³/mol. The van der Waals surface area contributed by atoms with Gasteiger partial charge in [-0.25, -0.2) is 0 Å². The maximum Gasteiger partial charge on any atom is 0.256 e. The number of epoxide rings is 2. The van der Waals surface area contributed by atoms with E-state index in [0.717, 1.165) is 160 Å². The van der Waals surface area contributed by atoms with Crippen LogP contribution in [0.4, 0.5) is 0 Å². The lowest BCUT2D eigenvalue weighted by molar-refractivity contribution is -0.139. The summed E-state index contributed by atoms with van der Waals surface area (Å²) >= 11 is 0. The highest BCUT2D eigenvalue weighted by Crippen LogP contribution is 2.51. The summed E-state index contributed by atoms with van der Waals surface area (Å²) in [5.41, 5.74) is 4.95. The van der Waals surface area contributed by atoms with Crippen LogP contribution in [0.5, 0.6) is 0 Å². The number of unbranched alkanes of at least 4 members (excludes halogenated alkanes) is 4. The Kier molecular flexibility index (Phi) is 23.2. The van der Waals surface area contributed by atoms with Crippen molar-refractivity contribution in [3.63, 3.8) is 0 Å². The molecule has 20 unspecified atom stereocenters. The van der Waals surface area contributed by atoms with Gasteiger partial charge in [0.15, 0.2) is 0 Å². The third-order valence-electron chi connectivity index (χ3n) is 27.4. The molecule has 0 N–H and O–H groups in total. The Morgan fingerprint density at radius 3 is 0.931 bits per heavy atom. The fraction of sp³-hybridized carbons (Fsp3) is 0.674. The number of hydrogen-bond acceptors (Lipinski definition) is 11. The molecular weight excluding hydrogens is 1260 g/mol. The summed E-state index contributed by atoms with van der Waals surface area (Å²) in [5.74, 6) is 13.7. The van der Waals surface area contributed by atoms with E-state index in [-0.39, 0.29) is 47.3 Å². The molecule has 101 heavy (non-hydrogen) atoms. The van der Waals surface area contributed by atoms with Gasteiger partial charge >= 0.3 is 0 Å². The summed E-state index contributed by atoms with van der Waals surface area (Å²) in [6.45, 7) is 20.1. The van der Waals surface area contributed by atoms with Gasteiger partial charge in [-0.2, -0.15) is 0 Å². The van der Waals surface area contributed by atoms with Gasteiger partial charge in [-0.15, -0.1) is 0 Å². The van der Waals surface area contributed by atoms with Crippen LogP contribution in [-0.4, -0.2) is 132 Å². The normalized spacial score (nSPS) is 36.6. The maximum absolute atomic E-state index is 11.9. The summed E-state index contributed by atoms with van der Waals surface area (Å²) in [5, 5.41) is 0. The van der Waals surface area contributed by atoms with E-state index in [1.54, 1.807) is 55.4 Å². The maximum atomic E-state index is 11.9. The van der Waals surface area contributed by atoms with Gasteiger partial charge in [-0.3, -0.25) is 58.0 Å². The lowest BCUT2D eigenvalue weighted by Gasteiger charge is -2.24. The van der Waals surface area contributed by atoms with Crippen LogP contribution in [0.25, 0.3) is 0 Å². The van der Waals surface area contributed by atoms with Gasteiger partial charge in [0, 0.05) is 70.8 Å². The van der Waals surface area contributed by atoms with Gasteiger partial charge in [-0.05, 0) is 277 Å². The average molecular weight is 1380 g/mol. The Bertz CT molecular complexity index is 3440. The Labute approximate surface area is 601 Å². The summed E-state index contributed by atoms with van der Waals surface area (Å²) in [6.07, 6.45) is 56.9. The van der Waals surface area contributed by atoms with E-state index in [1.165, 1.54) is 116 Å². The molecule has 20 atom stereocenters. The summed E-state index contributed by atoms with van der Waals surface area (Å²) in [6, 6.07) is 0. The zero-order valence-electron chi connectivity index (χ0n) is 62.0. The van der Waals surface area contributed by atoms with Crippen molar-refractivity contribution in [2.45, 2.75) is 209 Å². The third-order valence-corrected chi connectivity index (χ3v) is 27.4. The Morgan fingerprint density at radius 2 is 0.604 bits per heavy atom. The first-order chi connectivity index (χ1) is 48.7. The van der Waals surface area contributed by atoms with Gasteiger partial charge < -0.3 is 14.2 Å². The molecule has 8 amide bonds. The second kappa shape index (κ2) is 32.1. The van der Waals surface area contributed by atoms with Gasteiger partial charge in [0.25, 0.3) is 47.3 Å². The molecule has 15 nitrogen and oxygen atoms in total. The second-order valence-corrected chi connectivity index (χ2v) is 33.9. The molecule has 0 aromatic rings. The molecule has 12 aliphatic carbocycles. The molecule has 546 valence electrons. The van der Waals surface area contributed by atoms with Crippen LogP contribution in [-0.2, 0) is 52.6 Å². The van der Waals surface area contributed by atoms with E-state index >= 15 is 0 Å². The average Bonchev–Trinajstić information content (AvgIpc) is 1.64. The van der Waals surface area contributed by atoms with E-state index in [2.05, 4.69) is 72.9 Å². The molecule has 12 bridgehead atoms. The molecule has 0 spiro atoms. The molecule has 18 aliphatic rings. The lowest BCUT2D eigenvalue weighted by atomic mass is 9.88. The van der Waals surface area contributed by atoms with E-state index in [0.29, 0.717) is 101 Å². The van der Waals surface area contributed by atoms with Crippen LogP contribution in [0.3, 0.4) is 0 Å². The highest BCUT2D eigenvalue weighted by atomic mass is 16.6. The van der Waals surface area contributed by atoms with Crippen LogP contribution in [0, 0.1) is 107 Å². The van der Waals surface area contributed by atoms with Crippen LogP contribution in [0.1, 0.15) is 197 Å². The first-order valence-corrected chi connectivity index (χ1v) is 39.7. The Hall–Kier alpha value is -6.16. The van der Waals surface area contributed by atoms with E-state index < -0.39 is 0 Å². The number of hydrogen-bond donors (Lipinski definition) is 0. The summed E-state index contributed by atoms with van der Waals surface area (Å²) in [4.78, 5) is 101. The molecular formula is C86H116N4O11. The minimum absolute atomic E-state index is 0.0840. The molecule has 18 rings (SSSR count). The number of rotatable bonds is 23. The van der Waals surface area contributed by atoms with Crippen LogP contribution in [0.15, 0.2) is 117 Å². The van der Waals surface area contributed by atoms with Gasteiger partial charge in [-0.1, -0.05) is 98.6 Å². The van der Waals surface area contributed by atoms with Crippen molar-refractivity contribution in [3.05, 3.63) is 117 Å². The van der Waals surface area contributed by atoms with Crippen LogP contribution >= 0.6 is 0 Å². The lowest BCUT2D eigenvalue weighted by Crippen LogP contribution is -2.37. The molecule has 8 fully saturated rings. The number of amides is 8. The second-order valence-electron chi connectivity index (χ2n) is 33.9. The SMILES string of the molecule is C1=CC2CC1CC2C1CO1.C1=CC2CC1CC2COCC1CO1.CC1=C(C)C(=O)N(CC2CC3C=CC2C3)C1=O.CC1=C(C)C(=O)N(CCCC2CC3C=CC2C3)C1=O.CC1=C(C)C(=O)N(CCCCC2CC3C=CC2C3)C1=O.CC1=C(C)C(=O)N(CCCCCCC2CC3C=CC2C3)C1=O. The van der Waals surface area contributed by atoms with Crippen molar-refractivity contribution in [1.29, 1.82) is 0 Å². The molecule has 6 heterocycles. The minimum Gasteiger partial charge on any atom is -0.378 e. The number of allylic oxidation sites excluding steroid dienone is 12. The van der Waals surface area contributed by atoms with Gasteiger partial charge in [0.1, 0.15) is 6.10 Å². The van der Waals surface area contributed by atoms with Crippen LogP contribution < -0.4 is 0 Å². The molecule has 6 saturated carbocycles. The standard InChI is InChI=1S/C19H27NO2.C17H23NO2.C16H21NO2.C14H17NO2.C11H16O2.C9H12O/c1-13-14(2)19(22)20(18(13)21)10-6-4-3-5-7-16-11-15-8-9-17(16)12-15;1-11-12(2)17(20)18(16(11)19)8-4-3-5-14-9-13-6-7-15(14)10-13;1-10-11(2)16(19)17(15(10)18)7-3-4-13-8-12-5-6-14(13)9-12;1-8-9(2)14(17)15(13(8)16)7-12-6-10-3-4-11(12)5-10;1-2-9-3-8(1)4-10(9)5-12-6-11-7-13-11;1-2-7-3-6(1)4-8(7)9-5-10-9/h8-9,15-17H,3-7,10-12H2,1-2H3;6-7,13-15H,3-5,8-10H2,1-2H3;5-6,12-14H,3-4,7-9H2,1-2H3;3-4,10-12H,5-7H2,1-2H3;1-2,8-11H,3-7H2;1-2,6-9H,3-5H2. The van der Waals surface area contributed by atoms with Crippen molar-refractivity contribution < 1.29 is 52.6 Å². The van der Waals surface area contributed by atoms with Crippen LogP contribution in [0.2, 0.25) is 0 Å². The first kappa shape index (κ1) is 73.2. The molecule has 0 aromatic carbocycles. The first-order valence-electron chi connectivity index (χ1n) is 39.7.